The molecular formula is C17H23N3O3. The molecule has 0 bridgehead atoms. The maximum absolute atomic E-state index is 12.2. The fourth-order valence-corrected chi connectivity index (χ4v) is 2.42. The summed E-state index contributed by atoms with van der Waals surface area (Å²) in [6.45, 7) is 6.64. The number of H-pyrrole nitrogens is 1. The number of aliphatic hydroxyl groups is 1. The van der Waals surface area contributed by atoms with Crippen molar-refractivity contribution in [1.29, 1.82) is 0 Å². The zero-order chi connectivity index (χ0) is 16.8. The maximum Gasteiger partial charge on any atom is 0.251 e. The third kappa shape index (κ3) is 4.40. The van der Waals surface area contributed by atoms with Crippen molar-refractivity contribution in [2.24, 2.45) is 0 Å². The summed E-state index contributed by atoms with van der Waals surface area (Å²) < 4.78 is 5.12. The van der Waals surface area contributed by atoms with Crippen LogP contribution in [0, 0.1) is 13.8 Å². The highest BCUT2D eigenvalue weighted by molar-refractivity contribution is 5.95. The Morgan fingerprint density at radius 2 is 2.22 bits per heavy atom. The van der Waals surface area contributed by atoms with E-state index in [0.29, 0.717) is 12.2 Å². The van der Waals surface area contributed by atoms with Crippen LogP contribution in [0.3, 0.4) is 0 Å². The van der Waals surface area contributed by atoms with Crippen molar-refractivity contribution < 1.29 is 14.6 Å². The number of aromatic nitrogens is 2. The number of rotatable bonds is 7. The fraction of sp³-hybridized carbons (Fsp3) is 0.412. The molecule has 2 aromatic rings. The van der Waals surface area contributed by atoms with E-state index < -0.39 is 6.10 Å². The quantitative estimate of drug-likeness (QED) is 0.727. The highest BCUT2D eigenvalue weighted by Gasteiger charge is 2.13. The molecule has 1 aromatic carbocycles. The Bertz CT molecular complexity index is 647. The maximum atomic E-state index is 12.2. The zero-order valence-electron chi connectivity index (χ0n) is 13.7. The first-order valence-electron chi connectivity index (χ1n) is 7.69. The van der Waals surface area contributed by atoms with E-state index in [4.69, 9.17) is 4.74 Å². The minimum Gasteiger partial charge on any atom is -0.389 e. The minimum absolute atomic E-state index is 0.160. The fourth-order valence-electron chi connectivity index (χ4n) is 2.42. The lowest BCUT2D eigenvalue weighted by Crippen LogP contribution is -2.34. The standard InChI is InChI=1S/C17H23N3O3/c1-4-23-10-15(21)9-18-17(22)14-7-5-6-13(8-14)16-11(2)19-20-12(16)3/h5-8,15,21H,4,9-10H2,1-3H3,(H,18,22)(H,19,20)/t15-/m1/s1. The average molecular weight is 317 g/mol. The van der Waals surface area contributed by atoms with Gasteiger partial charge >= 0.3 is 0 Å². The van der Waals surface area contributed by atoms with Gasteiger partial charge in [0.15, 0.2) is 0 Å². The van der Waals surface area contributed by atoms with Crippen LogP contribution in [-0.4, -0.2) is 47.1 Å². The molecule has 1 aromatic heterocycles. The van der Waals surface area contributed by atoms with Gasteiger partial charge in [-0.2, -0.15) is 5.10 Å². The lowest BCUT2D eigenvalue weighted by atomic mass is 10.0. The van der Waals surface area contributed by atoms with Crippen molar-refractivity contribution in [2.45, 2.75) is 26.9 Å². The van der Waals surface area contributed by atoms with Crippen LogP contribution < -0.4 is 5.32 Å². The van der Waals surface area contributed by atoms with Crippen molar-refractivity contribution in [3.63, 3.8) is 0 Å². The Balaban J connectivity index is 2.06. The SMILES string of the molecule is CCOC[C@H](O)CNC(=O)c1cccc(-c2c(C)n[nH]c2C)c1. The van der Waals surface area contributed by atoms with Gasteiger partial charge in [-0.25, -0.2) is 0 Å². The molecule has 0 spiro atoms. The summed E-state index contributed by atoms with van der Waals surface area (Å²) in [7, 11) is 0. The largest absolute Gasteiger partial charge is 0.389 e. The molecule has 1 amide bonds. The molecule has 0 aliphatic heterocycles. The van der Waals surface area contributed by atoms with Crippen LogP contribution in [0.25, 0.3) is 11.1 Å². The van der Waals surface area contributed by atoms with Gasteiger partial charge < -0.3 is 15.2 Å². The van der Waals surface area contributed by atoms with Crippen LogP contribution in [-0.2, 0) is 4.74 Å². The Labute approximate surface area is 135 Å². The van der Waals surface area contributed by atoms with Gasteiger partial charge in [0.25, 0.3) is 5.91 Å². The van der Waals surface area contributed by atoms with E-state index in [1.807, 2.05) is 39.0 Å². The highest BCUT2D eigenvalue weighted by atomic mass is 16.5. The molecule has 0 fully saturated rings. The van der Waals surface area contributed by atoms with E-state index in [1.165, 1.54) is 0 Å². The van der Waals surface area contributed by atoms with Crippen LogP contribution in [0.4, 0.5) is 0 Å². The van der Waals surface area contributed by atoms with E-state index in [1.54, 1.807) is 6.07 Å². The van der Waals surface area contributed by atoms with E-state index in [-0.39, 0.29) is 19.1 Å². The Morgan fingerprint density at radius 1 is 1.43 bits per heavy atom. The molecule has 6 nitrogen and oxygen atoms in total. The first-order valence-corrected chi connectivity index (χ1v) is 7.69. The van der Waals surface area contributed by atoms with Gasteiger partial charge in [-0.3, -0.25) is 9.89 Å². The molecule has 0 saturated carbocycles. The Morgan fingerprint density at radius 3 is 2.87 bits per heavy atom. The van der Waals surface area contributed by atoms with Crippen molar-refractivity contribution >= 4 is 5.91 Å². The average Bonchev–Trinajstić information content (AvgIpc) is 2.89. The Hall–Kier alpha value is -2.18. The first-order chi connectivity index (χ1) is 11.0. The highest BCUT2D eigenvalue weighted by Crippen LogP contribution is 2.25. The predicted octanol–water partition coefficient (Wildman–Crippen LogP) is 1.82. The monoisotopic (exact) mass is 317 g/mol. The van der Waals surface area contributed by atoms with Gasteiger partial charge in [-0.15, -0.1) is 0 Å². The molecule has 0 saturated heterocycles. The van der Waals surface area contributed by atoms with Gasteiger partial charge in [-0.05, 0) is 38.5 Å². The third-order valence-corrected chi connectivity index (χ3v) is 3.55. The molecule has 0 aliphatic rings. The van der Waals surface area contributed by atoms with E-state index in [0.717, 1.165) is 22.5 Å². The molecule has 124 valence electrons. The normalized spacial score (nSPS) is 12.2. The van der Waals surface area contributed by atoms with Crippen molar-refractivity contribution in [3.05, 3.63) is 41.2 Å². The number of amides is 1. The number of ether oxygens (including phenoxy) is 1. The molecule has 0 unspecified atom stereocenters. The molecular weight excluding hydrogens is 294 g/mol. The van der Waals surface area contributed by atoms with Crippen LogP contribution in [0.15, 0.2) is 24.3 Å². The number of carbonyl (C=O) groups excluding carboxylic acids is 1. The van der Waals surface area contributed by atoms with Gasteiger partial charge in [-0.1, -0.05) is 12.1 Å². The number of aliphatic hydroxyl groups excluding tert-OH is 1. The summed E-state index contributed by atoms with van der Waals surface area (Å²) in [5, 5.41) is 19.5. The number of carbonyl (C=O) groups is 1. The molecule has 1 atom stereocenters. The molecule has 3 N–H and O–H groups in total. The molecule has 6 heteroatoms. The van der Waals surface area contributed by atoms with Crippen molar-refractivity contribution in [2.75, 3.05) is 19.8 Å². The molecule has 0 radical (unpaired) electrons. The first kappa shape index (κ1) is 17.2. The van der Waals surface area contributed by atoms with Crippen molar-refractivity contribution in [3.8, 4) is 11.1 Å². The zero-order valence-corrected chi connectivity index (χ0v) is 13.7. The molecule has 0 aliphatic carbocycles. The van der Waals surface area contributed by atoms with Gasteiger partial charge in [0.1, 0.15) is 0 Å². The molecule has 23 heavy (non-hydrogen) atoms. The summed E-state index contributed by atoms with van der Waals surface area (Å²) in [4.78, 5) is 12.2. The van der Waals surface area contributed by atoms with Crippen molar-refractivity contribution in [1.82, 2.24) is 15.5 Å². The second kappa shape index (κ2) is 7.89. The van der Waals surface area contributed by atoms with Crippen LogP contribution in [0.5, 0.6) is 0 Å². The van der Waals surface area contributed by atoms with Gasteiger partial charge in [0, 0.05) is 30.0 Å². The summed E-state index contributed by atoms with van der Waals surface area (Å²) in [6, 6.07) is 7.37. The lowest BCUT2D eigenvalue weighted by molar-refractivity contribution is 0.0418. The van der Waals surface area contributed by atoms with E-state index >= 15 is 0 Å². The number of aryl methyl sites for hydroxylation is 2. The minimum atomic E-state index is -0.708. The molecule has 1 heterocycles. The molecule has 2 rings (SSSR count). The lowest BCUT2D eigenvalue weighted by Gasteiger charge is -2.12. The van der Waals surface area contributed by atoms with Crippen LogP contribution >= 0.6 is 0 Å². The van der Waals surface area contributed by atoms with E-state index in [9.17, 15) is 9.90 Å². The summed E-state index contributed by atoms with van der Waals surface area (Å²) in [5.74, 6) is -0.221. The number of aromatic amines is 1. The summed E-state index contributed by atoms with van der Waals surface area (Å²) >= 11 is 0. The third-order valence-electron chi connectivity index (χ3n) is 3.55. The van der Waals surface area contributed by atoms with Crippen LogP contribution in [0.1, 0.15) is 28.7 Å². The smallest absolute Gasteiger partial charge is 0.251 e. The predicted molar refractivity (Wildman–Crippen MR) is 88.3 cm³/mol. The number of nitrogens with zero attached hydrogens (tertiary/aromatic N) is 1. The number of hydrogen-bond donors (Lipinski definition) is 3. The van der Waals surface area contributed by atoms with Gasteiger partial charge in [0.2, 0.25) is 0 Å². The second-order valence-electron chi connectivity index (χ2n) is 5.41. The van der Waals surface area contributed by atoms with Gasteiger partial charge in [0.05, 0.1) is 18.4 Å². The van der Waals surface area contributed by atoms with Crippen LogP contribution in [0.2, 0.25) is 0 Å². The summed E-state index contributed by atoms with van der Waals surface area (Å²) in [5.41, 5.74) is 4.36. The Kier molecular flexibility index (Phi) is 5.90. The topological polar surface area (TPSA) is 87.2 Å². The van der Waals surface area contributed by atoms with E-state index in [2.05, 4.69) is 15.5 Å². The number of nitrogens with one attached hydrogen (secondary N) is 2. The second-order valence-corrected chi connectivity index (χ2v) is 5.41. The number of benzene rings is 1. The number of hydrogen-bond acceptors (Lipinski definition) is 4. The summed E-state index contributed by atoms with van der Waals surface area (Å²) in [6.07, 6.45) is -0.708.